The molecule has 0 fully saturated rings. The number of carbonyl (C=O) groups excluding carboxylic acids is 2. The summed E-state index contributed by atoms with van der Waals surface area (Å²) in [5.74, 6) is -0.00132. The third-order valence-electron chi connectivity index (χ3n) is 2.25. The van der Waals surface area contributed by atoms with Crippen LogP contribution in [0.5, 0.6) is 5.75 Å². The Kier molecular flexibility index (Phi) is 5.34. The van der Waals surface area contributed by atoms with Crippen LogP contribution < -0.4 is 15.5 Å². The van der Waals surface area contributed by atoms with Crippen LogP contribution in [-0.2, 0) is 14.3 Å². The highest BCUT2D eigenvalue weighted by Crippen LogP contribution is 2.27. The van der Waals surface area contributed by atoms with E-state index in [0.717, 1.165) is 0 Å². The van der Waals surface area contributed by atoms with Crippen molar-refractivity contribution in [3.05, 3.63) is 18.2 Å². The molecule has 0 atom stereocenters. The van der Waals surface area contributed by atoms with Gasteiger partial charge in [-0.15, -0.1) is 0 Å². The monoisotopic (exact) mass is 265 g/mol. The Morgan fingerprint density at radius 2 is 2.11 bits per heavy atom. The maximum atomic E-state index is 11.1. The molecule has 0 heterocycles. The Hall–Kier alpha value is -2.57. The van der Waals surface area contributed by atoms with Crippen LogP contribution >= 0.6 is 0 Å². The van der Waals surface area contributed by atoms with Crippen molar-refractivity contribution in [2.45, 2.75) is 6.92 Å². The van der Waals surface area contributed by atoms with Gasteiger partial charge in [-0.05, 0) is 25.1 Å². The fraction of sp³-hybridized carbons (Fsp3) is 0.250. The molecule has 0 aliphatic rings. The van der Waals surface area contributed by atoms with E-state index < -0.39 is 5.97 Å². The van der Waals surface area contributed by atoms with Crippen LogP contribution in [0.4, 0.5) is 11.4 Å². The zero-order chi connectivity index (χ0) is 14.3. The number of amides is 1. The molecule has 0 aromatic heterocycles. The number of anilines is 2. The number of carbonyl (C=O) groups is 2. The van der Waals surface area contributed by atoms with Crippen LogP contribution in [0.25, 0.3) is 0 Å². The van der Waals surface area contributed by atoms with Gasteiger partial charge in [-0.2, -0.15) is 5.10 Å². The highest BCUT2D eigenvalue weighted by atomic mass is 16.5. The largest absolute Gasteiger partial charge is 0.495 e. The first kappa shape index (κ1) is 14.5. The van der Waals surface area contributed by atoms with Crippen LogP contribution in [0.15, 0.2) is 23.3 Å². The second-order valence-electron chi connectivity index (χ2n) is 3.48. The minimum absolute atomic E-state index is 0.184. The van der Waals surface area contributed by atoms with Crippen molar-refractivity contribution in [3.8, 4) is 5.75 Å². The number of nitrogens with zero attached hydrogens (tertiary/aromatic N) is 1. The van der Waals surface area contributed by atoms with Crippen molar-refractivity contribution in [1.29, 1.82) is 0 Å². The van der Waals surface area contributed by atoms with Gasteiger partial charge in [0.2, 0.25) is 6.41 Å². The summed E-state index contributed by atoms with van der Waals surface area (Å²) in [7, 11) is 2.78. The predicted octanol–water partition coefficient (Wildman–Crippen LogP) is 1.22. The SMILES string of the molecule is COC(=O)/C(C)=N/Nc1ccc(OC)c(NC=O)c1. The molecule has 0 unspecified atom stereocenters. The van der Waals surface area contributed by atoms with E-state index in [4.69, 9.17) is 4.74 Å². The molecular weight excluding hydrogens is 250 g/mol. The zero-order valence-corrected chi connectivity index (χ0v) is 10.9. The third kappa shape index (κ3) is 3.98. The van der Waals surface area contributed by atoms with E-state index >= 15 is 0 Å². The summed E-state index contributed by atoms with van der Waals surface area (Å²) < 4.78 is 9.59. The van der Waals surface area contributed by atoms with Crippen LogP contribution in [-0.4, -0.2) is 32.3 Å². The van der Waals surface area contributed by atoms with Crippen molar-refractivity contribution in [1.82, 2.24) is 0 Å². The molecule has 2 N–H and O–H groups in total. The predicted molar refractivity (Wildman–Crippen MR) is 71.4 cm³/mol. The molecule has 102 valence electrons. The van der Waals surface area contributed by atoms with E-state index in [0.29, 0.717) is 23.5 Å². The molecule has 0 aliphatic heterocycles. The summed E-state index contributed by atoms with van der Waals surface area (Å²) in [6.07, 6.45) is 0.546. The van der Waals surface area contributed by atoms with E-state index in [-0.39, 0.29) is 5.71 Å². The van der Waals surface area contributed by atoms with Gasteiger partial charge in [0.15, 0.2) is 0 Å². The summed E-state index contributed by atoms with van der Waals surface area (Å²) in [5, 5.41) is 6.36. The number of ether oxygens (including phenoxy) is 2. The standard InChI is InChI=1S/C12H15N3O4/c1-8(12(17)19-3)14-15-9-4-5-11(18-2)10(6-9)13-7-16/h4-7,15H,1-3H3,(H,13,16)/b14-8+. The molecule has 0 spiro atoms. The van der Waals surface area contributed by atoms with Gasteiger partial charge >= 0.3 is 5.97 Å². The number of nitrogens with one attached hydrogen (secondary N) is 2. The van der Waals surface area contributed by atoms with Gasteiger partial charge in [-0.3, -0.25) is 10.2 Å². The van der Waals surface area contributed by atoms with Crippen LogP contribution in [0, 0.1) is 0 Å². The number of methoxy groups -OCH3 is 2. The van der Waals surface area contributed by atoms with E-state index in [9.17, 15) is 9.59 Å². The van der Waals surface area contributed by atoms with Crippen LogP contribution in [0.1, 0.15) is 6.92 Å². The number of esters is 1. The molecule has 0 radical (unpaired) electrons. The van der Waals surface area contributed by atoms with E-state index in [1.165, 1.54) is 21.1 Å². The van der Waals surface area contributed by atoms with Crippen molar-refractivity contribution in [2.75, 3.05) is 25.0 Å². The van der Waals surface area contributed by atoms with Crippen LogP contribution in [0.3, 0.4) is 0 Å². The van der Waals surface area contributed by atoms with E-state index in [1.807, 2.05) is 0 Å². The third-order valence-corrected chi connectivity index (χ3v) is 2.25. The number of rotatable bonds is 6. The minimum atomic E-state index is -0.521. The smallest absolute Gasteiger partial charge is 0.353 e. The van der Waals surface area contributed by atoms with Gasteiger partial charge in [0.05, 0.1) is 25.6 Å². The highest BCUT2D eigenvalue weighted by molar-refractivity contribution is 6.35. The molecule has 19 heavy (non-hydrogen) atoms. The van der Waals surface area contributed by atoms with Crippen molar-refractivity contribution in [2.24, 2.45) is 5.10 Å². The lowest BCUT2D eigenvalue weighted by Gasteiger charge is -2.09. The molecule has 7 nitrogen and oxygen atoms in total. The topological polar surface area (TPSA) is 89.0 Å². The second-order valence-corrected chi connectivity index (χ2v) is 3.48. The number of hydrazone groups is 1. The Morgan fingerprint density at radius 1 is 1.37 bits per heavy atom. The Balaban J connectivity index is 2.88. The quantitative estimate of drug-likeness (QED) is 0.349. The van der Waals surface area contributed by atoms with Gasteiger partial charge in [0.1, 0.15) is 11.5 Å². The number of hydrogen-bond donors (Lipinski definition) is 2. The molecule has 0 bridgehead atoms. The first-order chi connectivity index (χ1) is 9.12. The normalized spacial score (nSPS) is 10.6. The van der Waals surface area contributed by atoms with E-state index in [2.05, 4.69) is 20.6 Å². The summed E-state index contributed by atoms with van der Waals surface area (Å²) in [6, 6.07) is 4.99. The molecule has 0 saturated carbocycles. The lowest BCUT2D eigenvalue weighted by molar-refractivity contribution is -0.132. The Bertz CT molecular complexity index is 500. The average molecular weight is 265 g/mol. The summed E-state index contributed by atoms with van der Waals surface area (Å²) in [4.78, 5) is 21.6. The van der Waals surface area contributed by atoms with Crippen molar-refractivity contribution in [3.63, 3.8) is 0 Å². The molecule has 1 amide bonds. The average Bonchev–Trinajstić information content (AvgIpc) is 2.44. The lowest BCUT2D eigenvalue weighted by Crippen LogP contribution is -2.13. The van der Waals surface area contributed by atoms with Crippen molar-refractivity contribution >= 4 is 29.5 Å². The fourth-order valence-corrected chi connectivity index (χ4v) is 1.30. The molecular formula is C12H15N3O4. The molecule has 7 heteroatoms. The summed E-state index contributed by atoms with van der Waals surface area (Å²) in [6.45, 7) is 1.52. The molecule has 1 aromatic rings. The molecule has 1 rings (SSSR count). The number of hydrogen-bond acceptors (Lipinski definition) is 6. The second kappa shape index (κ2) is 7.00. The van der Waals surface area contributed by atoms with Crippen LogP contribution in [0.2, 0.25) is 0 Å². The first-order valence-electron chi connectivity index (χ1n) is 5.39. The summed E-state index contributed by atoms with van der Waals surface area (Å²) >= 11 is 0. The van der Waals surface area contributed by atoms with Gasteiger partial charge in [0, 0.05) is 0 Å². The fourth-order valence-electron chi connectivity index (χ4n) is 1.30. The molecule has 0 aliphatic carbocycles. The Labute approximate surface area is 110 Å². The van der Waals surface area contributed by atoms with Gasteiger partial charge < -0.3 is 14.8 Å². The summed E-state index contributed by atoms with van der Waals surface area (Å²) in [5.41, 5.74) is 3.95. The molecule has 1 aromatic carbocycles. The minimum Gasteiger partial charge on any atom is -0.495 e. The zero-order valence-electron chi connectivity index (χ0n) is 10.9. The van der Waals surface area contributed by atoms with Gasteiger partial charge in [-0.1, -0.05) is 0 Å². The van der Waals surface area contributed by atoms with E-state index in [1.54, 1.807) is 18.2 Å². The Morgan fingerprint density at radius 3 is 2.68 bits per heavy atom. The maximum Gasteiger partial charge on any atom is 0.353 e. The number of benzene rings is 1. The first-order valence-corrected chi connectivity index (χ1v) is 5.39. The lowest BCUT2D eigenvalue weighted by atomic mass is 10.2. The van der Waals surface area contributed by atoms with Gasteiger partial charge in [0.25, 0.3) is 0 Å². The van der Waals surface area contributed by atoms with Crippen molar-refractivity contribution < 1.29 is 19.1 Å². The van der Waals surface area contributed by atoms with Gasteiger partial charge in [-0.25, -0.2) is 4.79 Å². The highest BCUT2D eigenvalue weighted by Gasteiger charge is 2.06. The molecule has 0 saturated heterocycles. The maximum absolute atomic E-state index is 11.1.